The Kier molecular flexibility index (Phi) is 5.37. The summed E-state index contributed by atoms with van der Waals surface area (Å²) in [6, 6.07) is 7.19. The average Bonchev–Trinajstić information content (AvgIpc) is 2.38. The molecule has 0 radical (unpaired) electrons. The molecule has 0 fully saturated rings. The van der Waals surface area contributed by atoms with Crippen LogP contribution in [-0.2, 0) is 4.79 Å². The number of ketones is 1. The molecule has 0 spiro atoms. The van der Waals surface area contributed by atoms with Crippen molar-refractivity contribution in [3.63, 3.8) is 0 Å². The van der Waals surface area contributed by atoms with E-state index in [-0.39, 0.29) is 11.7 Å². The van der Waals surface area contributed by atoms with Gasteiger partial charge in [0.2, 0.25) is 0 Å². The molecule has 4 heteroatoms. The number of rotatable bonds is 6. The first kappa shape index (κ1) is 15.0. The van der Waals surface area contributed by atoms with Crippen molar-refractivity contribution < 1.29 is 14.3 Å². The summed E-state index contributed by atoms with van der Waals surface area (Å²) in [5.74, 6) is 0.535. The van der Waals surface area contributed by atoms with Crippen molar-refractivity contribution in [1.29, 1.82) is 5.26 Å². The maximum Gasteiger partial charge on any atom is 0.161 e. The molecule has 0 bridgehead atoms. The molecule has 0 N–H and O–H groups in total. The normalized spacial score (nSPS) is 11.8. The SMILES string of the molecule is COc1ccc(C(C#N)C(=O)CC(C)C)cc1OC. The van der Waals surface area contributed by atoms with Gasteiger partial charge in [-0.2, -0.15) is 5.26 Å². The van der Waals surface area contributed by atoms with Gasteiger partial charge < -0.3 is 9.47 Å². The maximum absolute atomic E-state index is 12.0. The molecule has 1 aromatic carbocycles. The van der Waals surface area contributed by atoms with E-state index in [1.807, 2.05) is 13.8 Å². The van der Waals surface area contributed by atoms with E-state index in [1.165, 1.54) is 7.11 Å². The molecule has 0 aliphatic rings. The number of hydrogen-bond acceptors (Lipinski definition) is 4. The summed E-state index contributed by atoms with van der Waals surface area (Å²) < 4.78 is 10.3. The Labute approximate surface area is 113 Å². The van der Waals surface area contributed by atoms with E-state index < -0.39 is 5.92 Å². The first-order valence-electron chi connectivity index (χ1n) is 6.17. The molecular formula is C15H19NO3. The molecule has 1 unspecified atom stereocenters. The highest BCUT2D eigenvalue weighted by atomic mass is 16.5. The monoisotopic (exact) mass is 261 g/mol. The topological polar surface area (TPSA) is 59.3 Å². The first-order chi connectivity index (χ1) is 9.03. The lowest BCUT2D eigenvalue weighted by atomic mass is 9.91. The molecule has 0 amide bonds. The third kappa shape index (κ3) is 3.72. The molecule has 0 heterocycles. The van der Waals surface area contributed by atoms with Crippen LogP contribution in [0.15, 0.2) is 18.2 Å². The average molecular weight is 261 g/mol. The molecule has 19 heavy (non-hydrogen) atoms. The Morgan fingerprint density at radius 3 is 2.37 bits per heavy atom. The molecule has 1 aromatic rings. The molecule has 0 aliphatic heterocycles. The van der Waals surface area contributed by atoms with Gasteiger partial charge in [-0.15, -0.1) is 0 Å². The summed E-state index contributed by atoms with van der Waals surface area (Å²) in [4.78, 5) is 12.0. The van der Waals surface area contributed by atoms with Crippen LogP contribution in [0, 0.1) is 17.2 Å². The van der Waals surface area contributed by atoms with Crippen LogP contribution >= 0.6 is 0 Å². The van der Waals surface area contributed by atoms with E-state index in [9.17, 15) is 10.1 Å². The molecule has 0 aromatic heterocycles. The van der Waals surface area contributed by atoms with Crippen LogP contribution in [0.3, 0.4) is 0 Å². The molecule has 1 rings (SSSR count). The van der Waals surface area contributed by atoms with Crippen LogP contribution < -0.4 is 9.47 Å². The zero-order chi connectivity index (χ0) is 14.4. The standard InChI is InChI=1S/C15H19NO3/c1-10(2)7-13(17)12(9-16)11-5-6-14(18-3)15(8-11)19-4/h5-6,8,10,12H,7H2,1-4H3. The minimum absolute atomic E-state index is 0.0651. The van der Waals surface area contributed by atoms with E-state index in [4.69, 9.17) is 9.47 Å². The Balaban J connectivity index is 3.06. The zero-order valence-corrected chi connectivity index (χ0v) is 11.8. The Morgan fingerprint density at radius 1 is 1.26 bits per heavy atom. The van der Waals surface area contributed by atoms with Crippen molar-refractivity contribution in [3.05, 3.63) is 23.8 Å². The van der Waals surface area contributed by atoms with Crippen molar-refractivity contribution in [2.24, 2.45) is 5.92 Å². The lowest BCUT2D eigenvalue weighted by Crippen LogP contribution is -2.13. The number of benzene rings is 1. The van der Waals surface area contributed by atoms with Crippen LogP contribution in [0.1, 0.15) is 31.7 Å². The minimum Gasteiger partial charge on any atom is -0.493 e. The summed E-state index contributed by atoms with van der Waals surface area (Å²) in [5, 5.41) is 9.21. The number of carbonyl (C=O) groups excluding carboxylic acids is 1. The highest BCUT2D eigenvalue weighted by Gasteiger charge is 2.22. The molecule has 0 saturated carbocycles. The van der Waals surface area contributed by atoms with Gasteiger partial charge in [0.05, 0.1) is 20.3 Å². The number of ether oxygens (including phenoxy) is 2. The lowest BCUT2D eigenvalue weighted by molar-refractivity contribution is -0.120. The van der Waals surface area contributed by atoms with Gasteiger partial charge in [-0.05, 0) is 23.6 Å². The highest BCUT2D eigenvalue weighted by molar-refractivity contribution is 5.88. The van der Waals surface area contributed by atoms with E-state index in [1.54, 1.807) is 25.3 Å². The van der Waals surface area contributed by atoms with Crippen molar-refractivity contribution in [1.82, 2.24) is 0 Å². The van der Waals surface area contributed by atoms with Crippen LogP contribution in [0.2, 0.25) is 0 Å². The predicted molar refractivity (Wildman–Crippen MR) is 72.4 cm³/mol. The van der Waals surface area contributed by atoms with Gasteiger partial charge >= 0.3 is 0 Å². The lowest BCUT2D eigenvalue weighted by Gasteiger charge is -2.13. The van der Waals surface area contributed by atoms with Gasteiger partial charge in [-0.1, -0.05) is 19.9 Å². The number of hydrogen-bond donors (Lipinski definition) is 0. The van der Waals surface area contributed by atoms with Gasteiger partial charge in [-0.3, -0.25) is 4.79 Å². The third-order valence-electron chi connectivity index (χ3n) is 2.80. The van der Waals surface area contributed by atoms with Gasteiger partial charge in [0.25, 0.3) is 0 Å². The molecule has 1 atom stereocenters. The van der Waals surface area contributed by atoms with Crippen LogP contribution in [-0.4, -0.2) is 20.0 Å². The summed E-state index contributed by atoms with van der Waals surface area (Å²) in [6.07, 6.45) is 0.395. The van der Waals surface area contributed by atoms with Crippen molar-refractivity contribution >= 4 is 5.78 Å². The van der Waals surface area contributed by atoms with Gasteiger partial charge in [0.15, 0.2) is 17.3 Å². The fraction of sp³-hybridized carbons (Fsp3) is 0.467. The van der Waals surface area contributed by atoms with Crippen LogP contribution in [0.25, 0.3) is 0 Å². The van der Waals surface area contributed by atoms with E-state index >= 15 is 0 Å². The van der Waals surface area contributed by atoms with Gasteiger partial charge in [0.1, 0.15) is 5.92 Å². The van der Waals surface area contributed by atoms with E-state index in [0.717, 1.165) is 0 Å². The van der Waals surface area contributed by atoms with Gasteiger partial charge in [-0.25, -0.2) is 0 Å². The molecule has 0 saturated heterocycles. The van der Waals surface area contributed by atoms with Crippen molar-refractivity contribution in [2.75, 3.05) is 14.2 Å². The smallest absolute Gasteiger partial charge is 0.161 e. The highest BCUT2D eigenvalue weighted by Crippen LogP contribution is 2.31. The zero-order valence-electron chi connectivity index (χ0n) is 11.8. The summed E-state index contributed by atoms with van der Waals surface area (Å²) in [5.41, 5.74) is 0.644. The first-order valence-corrected chi connectivity index (χ1v) is 6.17. The Morgan fingerprint density at radius 2 is 1.89 bits per heavy atom. The molecule has 4 nitrogen and oxygen atoms in total. The number of carbonyl (C=O) groups is 1. The number of methoxy groups -OCH3 is 2. The summed E-state index contributed by atoms with van der Waals surface area (Å²) in [6.45, 7) is 3.92. The maximum atomic E-state index is 12.0. The minimum atomic E-state index is -0.748. The Hall–Kier alpha value is -2.02. The third-order valence-corrected chi connectivity index (χ3v) is 2.80. The van der Waals surface area contributed by atoms with E-state index in [0.29, 0.717) is 23.5 Å². The number of Topliss-reactive ketones (excluding diaryl/α,β-unsaturated/α-hetero) is 1. The fourth-order valence-corrected chi connectivity index (χ4v) is 1.89. The van der Waals surface area contributed by atoms with Crippen LogP contribution in [0.5, 0.6) is 11.5 Å². The van der Waals surface area contributed by atoms with Crippen LogP contribution in [0.4, 0.5) is 0 Å². The fourth-order valence-electron chi connectivity index (χ4n) is 1.89. The molecule has 102 valence electrons. The summed E-state index contributed by atoms with van der Waals surface area (Å²) in [7, 11) is 3.07. The van der Waals surface area contributed by atoms with Crippen molar-refractivity contribution in [2.45, 2.75) is 26.2 Å². The molecular weight excluding hydrogens is 242 g/mol. The van der Waals surface area contributed by atoms with Gasteiger partial charge in [0, 0.05) is 6.42 Å². The number of nitrogens with zero attached hydrogens (tertiary/aromatic N) is 1. The van der Waals surface area contributed by atoms with E-state index in [2.05, 4.69) is 6.07 Å². The molecule has 0 aliphatic carbocycles. The second-order valence-corrected chi connectivity index (χ2v) is 4.74. The quantitative estimate of drug-likeness (QED) is 0.790. The Bertz CT molecular complexity index is 489. The number of nitriles is 1. The summed E-state index contributed by atoms with van der Waals surface area (Å²) >= 11 is 0. The second kappa shape index (κ2) is 6.79. The predicted octanol–water partition coefficient (Wildman–Crippen LogP) is 2.93. The largest absolute Gasteiger partial charge is 0.493 e. The second-order valence-electron chi connectivity index (χ2n) is 4.74. The van der Waals surface area contributed by atoms with Crippen molar-refractivity contribution in [3.8, 4) is 17.6 Å².